The van der Waals surface area contributed by atoms with Crippen LogP contribution in [0.5, 0.6) is 0 Å². The van der Waals surface area contributed by atoms with Gasteiger partial charge in [-0.3, -0.25) is 4.79 Å². The van der Waals surface area contributed by atoms with E-state index in [-0.39, 0.29) is 12.5 Å². The van der Waals surface area contributed by atoms with E-state index in [4.69, 9.17) is 4.74 Å². The standard InChI is InChI=1S/C14H20N2O2/c1-11-9-12(16-7-3-4-8-16)5-6-13(11)15-14(17)10-18-2/h5-6,9H,3-4,7-8,10H2,1-2H3,(H,15,17). The van der Waals surface area contributed by atoms with Gasteiger partial charge in [0.25, 0.3) is 0 Å². The van der Waals surface area contributed by atoms with Gasteiger partial charge < -0.3 is 15.0 Å². The van der Waals surface area contributed by atoms with Crippen molar-refractivity contribution < 1.29 is 9.53 Å². The van der Waals surface area contributed by atoms with E-state index in [0.717, 1.165) is 24.3 Å². The molecule has 0 saturated carbocycles. The summed E-state index contributed by atoms with van der Waals surface area (Å²) in [5.74, 6) is -0.116. The second-order valence-electron chi connectivity index (χ2n) is 4.67. The summed E-state index contributed by atoms with van der Waals surface area (Å²) in [5.41, 5.74) is 3.19. The van der Waals surface area contributed by atoms with Crippen LogP contribution in [0.4, 0.5) is 11.4 Å². The molecule has 1 aliphatic heterocycles. The van der Waals surface area contributed by atoms with Crippen molar-refractivity contribution in [1.29, 1.82) is 0 Å². The Bertz CT molecular complexity index is 426. The summed E-state index contributed by atoms with van der Waals surface area (Å²) in [6.45, 7) is 4.37. The lowest BCUT2D eigenvalue weighted by Gasteiger charge is -2.19. The van der Waals surface area contributed by atoms with Crippen molar-refractivity contribution in [1.82, 2.24) is 0 Å². The van der Waals surface area contributed by atoms with Crippen LogP contribution in [0.15, 0.2) is 18.2 Å². The molecule has 1 aromatic rings. The fourth-order valence-corrected chi connectivity index (χ4v) is 2.28. The predicted molar refractivity (Wildman–Crippen MR) is 73.1 cm³/mol. The molecule has 1 amide bonds. The van der Waals surface area contributed by atoms with Crippen LogP contribution in [-0.4, -0.2) is 32.7 Å². The summed E-state index contributed by atoms with van der Waals surface area (Å²) in [4.78, 5) is 13.8. The van der Waals surface area contributed by atoms with E-state index in [9.17, 15) is 4.79 Å². The number of anilines is 2. The molecule has 0 atom stereocenters. The van der Waals surface area contributed by atoms with E-state index in [2.05, 4.69) is 22.3 Å². The minimum Gasteiger partial charge on any atom is -0.375 e. The van der Waals surface area contributed by atoms with Crippen LogP contribution in [0.2, 0.25) is 0 Å². The highest BCUT2D eigenvalue weighted by molar-refractivity contribution is 5.92. The number of aryl methyl sites for hydroxylation is 1. The molecule has 1 aliphatic rings. The number of nitrogens with one attached hydrogen (secondary N) is 1. The molecule has 4 nitrogen and oxygen atoms in total. The molecule has 0 bridgehead atoms. The fourth-order valence-electron chi connectivity index (χ4n) is 2.28. The van der Waals surface area contributed by atoms with Crippen LogP contribution in [-0.2, 0) is 9.53 Å². The van der Waals surface area contributed by atoms with Gasteiger partial charge in [-0.15, -0.1) is 0 Å². The number of carbonyl (C=O) groups excluding carboxylic acids is 1. The SMILES string of the molecule is COCC(=O)Nc1ccc(N2CCCC2)cc1C. The first-order chi connectivity index (χ1) is 8.70. The Morgan fingerprint density at radius 1 is 1.39 bits per heavy atom. The quantitative estimate of drug-likeness (QED) is 0.888. The highest BCUT2D eigenvalue weighted by Crippen LogP contribution is 2.25. The molecule has 1 N–H and O–H groups in total. The molecule has 1 aromatic carbocycles. The molecule has 0 aromatic heterocycles. The van der Waals surface area contributed by atoms with Crippen LogP contribution >= 0.6 is 0 Å². The molecule has 2 rings (SSSR count). The van der Waals surface area contributed by atoms with Gasteiger partial charge in [0.1, 0.15) is 6.61 Å². The molecule has 18 heavy (non-hydrogen) atoms. The van der Waals surface area contributed by atoms with Gasteiger partial charge >= 0.3 is 0 Å². The Morgan fingerprint density at radius 2 is 2.11 bits per heavy atom. The average molecular weight is 248 g/mol. The van der Waals surface area contributed by atoms with Gasteiger partial charge in [0.05, 0.1) is 0 Å². The Morgan fingerprint density at radius 3 is 2.72 bits per heavy atom. The zero-order valence-corrected chi connectivity index (χ0v) is 11.0. The first-order valence-electron chi connectivity index (χ1n) is 6.35. The molecule has 1 heterocycles. The molecule has 98 valence electrons. The minimum absolute atomic E-state index is 0.0906. The second kappa shape index (κ2) is 5.87. The van der Waals surface area contributed by atoms with Crippen molar-refractivity contribution in [3.8, 4) is 0 Å². The number of methoxy groups -OCH3 is 1. The highest BCUT2D eigenvalue weighted by Gasteiger charge is 2.13. The second-order valence-corrected chi connectivity index (χ2v) is 4.67. The van der Waals surface area contributed by atoms with Crippen molar-refractivity contribution in [3.63, 3.8) is 0 Å². The molecule has 1 fully saturated rings. The molecule has 4 heteroatoms. The summed E-state index contributed by atoms with van der Waals surface area (Å²) in [7, 11) is 1.52. The van der Waals surface area contributed by atoms with Gasteiger partial charge in [-0.2, -0.15) is 0 Å². The van der Waals surface area contributed by atoms with Gasteiger partial charge in [-0.05, 0) is 43.5 Å². The van der Waals surface area contributed by atoms with Crippen LogP contribution in [0.3, 0.4) is 0 Å². The third-order valence-corrected chi connectivity index (χ3v) is 3.23. The van der Waals surface area contributed by atoms with Crippen LogP contribution < -0.4 is 10.2 Å². The summed E-state index contributed by atoms with van der Waals surface area (Å²) < 4.78 is 4.80. The predicted octanol–water partition coefficient (Wildman–Crippen LogP) is 2.18. The fraction of sp³-hybridized carbons (Fsp3) is 0.500. The zero-order chi connectivity index (χ0) is 13.0. The van der Waals surface area contributed by atoms with Gasteiger partial charge in [0.2, 0.25) is 5.91 Å². The van der Waals surface area contributed by atoms with E-state index in [1.807, 2.05) is 13.0 Å². The maximum Gasteiger partial charge on any atom is 0.250 e. The van der Waals surface area contributed by atoms with Crippen molar-refractivity contribution in [2.24, 2.45) is 0 Å². The number of ether oxygens (including phenoxy) is 1. The normalized spacial score (nSPS) is 14.9. The maximum absolute atomic E-state index is 11.5. The first kappa shape index (κ1) is 12.9. The largest absolute Gasteiger partial charge is 0.375 e. The minimum atomic E-state index is -0.116. The molecule has 0 radical (unpaired) electrons. The molecular formula is C14H20N2O2. The van der Waals surface area contributed by atoms with E-state index in [0.29, 0.717) is 0 Å². The highest BCUT2D eigenvalue weighted by atomic mass is 16.5. The van der Waals surface area contributed by atoms with Gasteiger partial charge in [0.15, 0.2) is 0 Å². The number of hydrogen-bond donors (Lipinski definition) is 1. The Hall–Kier alpha value is -1.55. The number of nitrogens with zero attached hydrogens (tertiary/aromatic N) is 1. The Labute approximate surface area is 108 Å². The smallest absolute Gasteiger partial charge is 0.250 e. The zero-order valence-electron chi connectivity index (χ0n) is 11.0. The van der Waals surface area contributed by atoms with Gasteiger partial charge in [0, 0.05) is 31.6 Å². The number of rotatable bonds is 4. The number of hydrogen-bond acceptors (Lipinski definition) is 3. The summed E-state index contributed by atoms with van der Waals surface area (Å²) in [5, 5.41) is 2.85. The van der Waals surface area contributed by atoms with Crippen LogP contribution in [0.25, 0.3) is 0 Å². The molecular weight excluding hydrogens is 228 g/mol. The Balaban J connectivity index is 2.07. The molecule has 1 saturated heterocycles. The number of amides is 1. The summed E-state index contributed by atoms with van der Waals surface area (Å²) in [6.07, 6.45) is 2.54. The van der Waals surface area contributed by atoms with Crippen molar-refractivity contribution >= 4 is 17.3 Å². The lowest BCUT2D eigenvalue weighted by molar-refractivity contribution is -0.119. The van der Waals surface area contributed by atoms with Crippen molar-refractivity contribution in [3.05, 3.63) is 23.8 Å². The van der Waals surface area contributed by atoms with Crippen molar-refractivity contribution in [2.75, 3.05) is 37.0 Å². The third-order valence-electron chi connectivity index (χ3n) is 3.23. The first-order valence-corrected chi connectivity index (χ1v) is 6.35. The summed E-state index contributed by atoms with van der Waals surface area (Å²) in [6, 6.07) is 6.17. The van der Waals surface area contributed by atoms with E-state index in [1.54, 1.807) is 0 Å². The summed E-state index contributed by atoms with van der Waals surface area (Å²) >= 11 is 0. The van der Waals surface area contributed by atoms with Crippen LogP contribution in [0.1, 0.15) is 18.4 Å². The number of benzene rings is 1. The Kier molecular flexibility index (Phi) is 4.20. The molecule has 0 aliphatic carbocycles. The monoisotopic (exact) mass is 248 g/mol. The molecule has 0 spiro atoms. The lowest BCUT2D eigenvalue weighted by Crippen LogP contribution is -2.19. The van der Waals surface area contributed by atoms with Gasteiger partial charge in [-0.1, -0.05) is 0 Å². The molecule has 0 unspecified atom stereocenters. The third kappa shape index (κ3) is 3.01. The number of carbonyl (C=O) groups is 1. The topological polar surface area (TPSA) is 41.6 Å². The van der Waals surface area contributed by atoms with E-state index >= 15 is 0 Å². The van der Waals surface area contributed by atoms with E-state index < -0.39 is 0 Å². The average Bonchev–Trinajstić information content (AvgIpc) is 2.85. The maximum atomic E-state index is 11.5. The van der Waals surface area contributed by atoms with Crippen LogP contribution in [0, 0.1) is 6.92 Å². The van der Waals surface area contributed by atoms with Gasteiger partial charge in [-0.25, -0.2) is 0 Å². The lowest BCUT2D eigenvalue weighted by atomic mass is 10.1. The van der Waals surface area contributed by atoms with E-state index in [1.165, 1.54) is 25.6 Å². The van der Waals surface area contributed by atoms with Crippen molar-refractivity contribution in [2.45, 2.75) is 19.8 Å².